The van der Waals surface area contributed by atoms with Crippen LogP contribution in [0, 0.1) is 0 Å². The van der Waals surface area contributed by atoms with Crippen molar-refractivity contribution in [1.29, 1.82) is 0 Å². The molecule has 0 aliphatic carbocycles. The van der Waals surface area contributed by atoms with E-state index in [2.05, 4.69) is 31.0 Å². The van der Waals surface area contributed by atoms with Gasteiger partial charge in [-0.3, -0.25) is 4.79 Å². The van der Waals surface area contributed by atoms with Gasteiger partial charge in [-0.1, -0.05) is 51.1 Å². The minimum atomic E-state index is -0.0574. The van der Waals surface area contributed by atoms with E-state index in [1.54, 1.807) is 6.08 Å². The molecular formula is C19H30N2O2. The van der Waals surface area contributed by atoms with Crippen molar-refractivity contribution in [2.45, 2.75) is 27.2 Å². The van der Waals surface area contributed by atoms with E-state index in [1.165, 1.54) is 0 Å². The summed E-state index contributed by atoms with van der Waals surface area (Å²) in [5.74, 6) is -0.0574. The van der Waals surface area contributed by atoms with Gasteiger partial charge in [-0.25, -0.2) is 0 Å². The second kappa shape index (κ2) is 11.9. The van der Waals surface area contributed by atoms with Crippen molar-refractivity contribution in [2.24, 2.45) is 0 Å². The van der Waals surface area contributed by atoms with E-state index in [9.17, 15) is 4.79 Å². The zero-order valence-corrected chi connectivity index (χ0v) is 14.7. The number of allylic oxidation sites excluding steroid dienone is 1. The fraction of sp³-hybridized carbons (Fsp3) is 0.526. The summed E-state index contributed by atoms with van der Waals surface area (Å²) >= 11 is 0. The standard InChI is InChI=1S/C19H30N2O2/c1-4-17(18-10-8-7-9-11-18)16-19(22)20-12-14-23-15-13-21(5-2)6-3/h7-11,16H,4-6,12-15H2,1-3H3,(H,20,22)/b17-16+. The predicted molar refractivity (Wildman–Crippen MR) is 96.3 cm³/mol. The maximum absolute atomic E-state index is 12.0. The van der Waals surface area contributed by atoms with Crippen LogP contribution in [0.5, 0.6) is 0 Å². The minimum absolute atomic E-state index is 0.0574. The molecule has 0 heterocycles. The summed E-state index contributed by atoms with van der Waals surface area (Å²) in [7, 11) is 0. The summed E-state index contributed by atoms with van der Waals surface area (Å²) in [5, 5.41) is 2.88. The van der Waals surface area contributed by atoms with Crippen molar-refractivity contribution < 1.29 is 9.53 Å². The summed E-state index contributed by atoms with van der Waals surface area (Å²) in [6.07, 6.45) is 2.52. The van der Waals surface area contributed by atoms with Crippen molar-refractivity contribution >= 4 is 11.5 Å². The summed E-state index contributed by atoms with van der Waals surface area (Å²) < 4.78 is 5.56. The van der Waals surface area contributed by atoms with Gasteiger partial charge in [0.25, 0.3) is 0 Å². The van der Waals surface area contributed by atoms with Crippen LogP contribution in [0.25, 0.3) is 5.57 Å². The normalized spacial score (nSPS) is 11.7. The highest BCUT2D eigenvalue weighted by atomic mass is 16.5. The summed E-state index contributed by atoms with van der Waals surface area (Å²) in [6.45, 7) is 11.2. The fourth-order valence-electron chi connectivity index (χ4n) is 2.33. The maximum Gasteiger partial charge on any atom is 0.244 e. The number of nitrogens with zero attached hydrogens (tertiary/aromatic N) is 1. The Labute approximate surface area is 140 Å². The number of carbonyl (C=O) groups excluding carboxylic acids is 1. The molecule has 4 nitrogen and oxygen atoms in total. The summed E-state index contributed by atoms with van der Waals surface area (Å²) in [6, 6.07) is 10.0. The first-order valence-electron chi connectivity index (χ1n) is 8.55. The molecule has 1 aromatic rings. The number of ether oxygens (including phenoxy) is 1. The molecule has 0 bridgehead atoms. The smallest absolute Gasteiger partial charge is 0.244 e. The summed E-state index contributed by atoms with van der Waals surface area (Å²) in [5.41, 5.74) is 2.14. The molecule has 0 aliphatic heterocycles. The second-order valence-corrected chi connectivity index (χ2v) is 5.32. The van der Waals surface area contributed by atoms with E-state index in [-0.39, 0.29) is 5.91 Å². The Hall–Kier alpha value is -1.65. The Bertz CT molecular complexity index is 468. The number of hydrogen-bond donors (Lipinski definition) is 1. The fourth-order valence-corrected chi connectivity index (χ4v) is 2.33. The van der Waals surface area contributed by atoms with Gasteiger partial charge in [0.1, 0.15) is 0 Å². The van der Waals surface area contributed by atoms with Crippen molar-refractivity contribution in [3.63, 3.8) is 0 Å². The lowest BCUT2D eigenvalue weighted by Crippen LogP contribution is -2.29. The monoisotopic (exact) mass is 318 g/mol. The average molecular weight is 318 g/mol. The molecule has 1 aromatic carbocycles. The van der Waals surface area contributed by atoms with E-state index >= 15 is 0 Å². The van der Waals surface area contributed by atoms with Gasteiger partial charge in [0, 0.05) is 19.2 Å². The number of amides is 1. The second-order valence-electron chi connectivity index (χ2n) is 5.32. The Balaban J connectivity index is 2.27. The Morgan fingerprint density at radius 1 is 1.13 bits per heavy atom. The molecule has 0 spiro atoms. The van der Waals surface area contributed by atoms with Gasteiger partial charge in [0.05, 0.1) is 13.2 Å². The van der Waals surface area contributed by atoms with Gasteiger partial charge < -0.3 is 15.0 Å². The van der Waals surface area contributed by atoms with Gasteiger partial charge in [0.2, 0.25) is 5.91 Å². The third-order valence-corrected chi connectivity index (χ3v) is 3.82. The topological polar surface area (TPSA) is 41.6 Å². The number of nitrogens with one attached hydrogen (secondary N) is 1. The van der Waals surface area contributed by atoms with Gasteiger partial charge in [-0.15, -0.1) is 0 Å². The molecule has 1 amide bonds. The van der Waals surface area contributed by atoms with Crippen molar-refractivity contribution in [1.82, 2.24) is 10.2 Å². The van der Waals surface area contributed by atoms with Crippen LogP contribution >= 0.6 is 0 Å². The molecule has 23 heavy (non-hydrogen) atoms. The average Bonchev–Trinajstić information content (AvgIpc) is 2.60. The summed E-state index contributed by atoms with van der Waals surface area (Å²) in [4.78, 5) is 14.3. The van der Waals surface area contributed by atoms with E-state index in [0.717, 1.165) is 37.2 Å². The number of carbonyl (C=O) groups is 1. The van der Waals surface area contributed by atoms with Crippen LogP contribution < -0.4 is 5.32 Å². The van der Waals surface area contributed by atoms with Crippen LogP contribution in [0.15, 0.2) is 36.4 Å². The molecule has 0 unspecified atom stereocenters. The molecular weight excluding hydrogens is 288 g/mol. The third kappa shape index (κ3) is 7.95. The number of rotatable bonds is 11. The maximum atomic E-state index is 12.0. The zero-order chi connectivity index (χ0) is 16.9. The lowest BCUT2D eigenvalue weighted by atomic mass is 10.0. The number of benzene rings is 1. The first kappa shape index (κ1) is 19.4. The molecule has 0 atom stereocenters. The molecule has 0 aliphatic rings. The molecule has 128 valence electrons. The van der Waals surface area contributed by atoms with E-state index in [4.69, 9.17) is 4.74 Å². The molecule has 1 N–H and O–H groups in total. The van der Waals surface area contributed by atoms with Gasteiger partial charge in [-0.05, 0) is 30.6 Å². The molecule has 0 saturated heterocycles. The number of hydrogen-bond acceptors (Lipinski definition) is 3. The molecule has 0 aromatic heterocycles. The highest BCUT2D eigenvalue weighted by Crippen LogP contribution is 2.16. The molecule has 1 rings (SSSR count). The Morgan fingerprint density at radius 3 is 2.43 bits per heavy atom. The van der Waals surface area contributed by atoms with E-state index in [1.807, 2.05) is 30.3 Å². The van der Waals surface area contributed by atoms with Crippen LogP contribution in [0.4, 0.5) is 0 Å². The van der Waals surface area contributed by atoms with Crippen molar-refractivity contribution in [3.05, 3.63) is 42.0 Å². The molecule has 0 saturated carbocycles. The largest absolute Gasteiger partial charge is 0.378 e. The highest BCUT2D eigenvalue weighted by Gasteiger charge is 2.03. The van der Waals surface area contributed by atoms with Gasteiger partial charge in [-0.2, -0.15) is 0 Å². The first-order chi connectivity index (χ1) is 11.2. The van der Waals surface area contributed by atoms with Crippen LogP contribution in [0.1, 0.15) is 32.8 Å². The van der Waals surface area contributed by atoms with Crippen LogP contribution in [0.3, 0.4) is 0 Å². The van der Waals surface area contributed by atoms with Crippen LogP contribution in [0.2, 0.25) is 0 Å². The number of likely N-dealkylation sites (N-methyl/N-ethyl adjacent to an activating group) is 1. The van der Waals surface area contributed by atoms with E-state index in [0.29, 0.717) is 19.8 Å². The molecule has 4 heteroatoms. The molecule has 0 fully saturated rings. The third-order valence-electron chi connectivity index (χ3n) is 3.82. The quantitative estimate of drug-likeness (QED) is 0.504. The lowest BCUT2D eigenvalue weighted by Gasteiger charge is -2.17. The van der Waals surface area contributed by atoms with Gasteiger partial charge >= 0.3 is 0 Å². The first-order valence-corrected chi connectivity index (χ1v) is 8.55. The predicted octanol–water partition coefficient (Wildman–Crippen LogP) is 2.95. The van der Waals surface area contributed by atoms with E-state index < -0.39 is 0 Å². The van der Waals surface area contributed by atoms with Crippen molar-refractivity contribution in [2.75, 3.05) is 39.4 Å². The Kier molecular flexibility index (Phi) is 10.00. The highest BCUT2D eigenvalue weighted by molar-refractivity contribution is 5.95. The SMILES string of the molecule is CC/C(=C\C(=O)NCCOCCN(CC)CC)c1ccccc1. The van der Waals surface area contributed by atoms with Crippen molar-refractivity contribution in [3.8, 4) is 0 Å². The zero-order valence-electron chi connectivity index (χ0n) is 14.7. The van der Waals surface area contributed by atoms with Crippen LogP contribution in [-0.2, 0) is 9.53 Å². The molecule has 0 radical (unpaired) electrons. The minimum Gasteiger partial charge on any atom is -0.378 e. The Morgan fingerprint density at radius 2 is 1.83 bits per heavy atom. The lowest BCUT2D eigenvalue weighted by molar-refractivity contribution is -0.116. The van der Waals surface area contributed by atoms with Gasteiger partial charge in [0.15, 0.2) is 0 Å². The van der Waals surface area contributed by atoms with Crippen LogP contribution in [-0.4, -0.2) is 50.2 Å².